The second kappa shape index (κ2) is 5.02. The first-order valence-corrected chi connectivity index (χ1v) is 6.94. The van der Waals surface area contributed by atoms with Crippen LogP contribution in [-0.2, 0) is 6.42 Å². The standard InChI is InChI=1S/C18H17NO/c1-12-9-14(11-19)7-8-17(12)20-18-13(2)10-15-5-3-4-6-16(15)18/h3-9,13,18H,10H2,1-2H3/t13-,18?/m1/s1. The fourth-order valence-corrected chi connectivity index (χ4v) is 2.93. The van der Waals surface area contributed by atoms with Gasteiger partial charge in [-0.2, -0.15) is 5.26 Å². The Kier molecular flexibility index (Phi) is 3.20. The van der Waals surface area contributed by atoms with Crippen LogP contribution in [0.15, 0.2) is 42.5 Å². The van der Waals surface area contributed by atoms with Crippen LogP contribution in [0.25, 0.3) is 0 Å². The molecule has 0 heterocycles. The summed E-state index contributed by atoms with van der Waals surface area (Å²) in [6, 6.07) is 16.2. The molecule has 3 rings (SSSR count). The molecule has 2 heteroatoms. The van der Waals surface area contributed by atoms with Gasteiger partial charge in [-0.15, -0.1) is 0 Å². The van der Waals surface area contributed by atoms with Crippen LogP contribution >= 0.6 is 0 Å². The van der Waals surface area contributed by atoms with Crippen molar-refractivity contribution in [3.05, 3.63) is 64.7 Å². The molecule has 1 aliphatic carbocycles. The number of hydrogen-bond donors (Lipinski definition) is 0. The van der Waals surface area contributed by atoms with E-state index in [4.69, 9.17) is 10.00 Å². The lowest BCUT2D eigenvalue weighted by atomic mass is 10.1. The monoisotopic (exact) mass is 263 g/mol. The number of nitriles is 1. The number of fused-ring (bicyclic) bond motifs is 1. The van der Waals surface area contributed by atoms with E-state index < -0.39 is 0 Å². The molecule has 0 saturated carbocycles. The fourth-order valence-electron chi connectivity index (χ4n) is 2.93. The lowest BCUT2D eigenvalue weighted by Gasteiger charge is -2.20. The molecule has 0 aromatic heterocycles. The molecule has 2 aromatic carbocycles. The first kappa shape index (κ1) is 12.7. The number of aryl methyl sites for hydroxylation is 1. The van der Waals surface area contributed by atoms with E-state index in [1.165, 1.54) is 11.1 Å². The lowest BCUT2D eigenvalue weighted by molar-refractivity contribution is 0.158. The number of ether oxygens (including phenoxy) is 1. The van der Waals surface area contributed by atoms with Crippen molar-refractivity contribution in [1.82, 2.24) is 0 Å². The molecule has 0 bridgehead atoms. The first-order chi connectivity index (χ1) is 9.69. The third kappa shape index (κ3) is 2.16. The second-order valence-electron chi connectivity index (χ2n) is 5.51. The van der Waals surface area contributed by atoms with E-state index in [1.54, 1.807) is 0 Å². The van der Waals surface area contributed by atoms with Gasteiger partial charge in [0.2, 0.25) is 0 Å². The molecule has 2 nitrogen and oxygen atoms in total. The molecule has 2 atom stereocenters. The molecule has 0 radical (unpaired) electrons. The van der Waals surface area contributed by atoms with Gasteiger partial charge < -0.3 is 4.74 Å². The minimum Gasteiger partial charge on any atom is -0.485 e. The lowest BCUT2D eigenvalue weighted by Crippen LogP contribution is -2.12. The van der Waals surface area contributed by atoms with Gasteiger partial charge in [0.1, 0.15) is 11.9 Å². The Morgan fingerprint density at radius 1 is 1.20 bits per heavy atom. The van der Waals surface area contributed by atoms with Crippen molar-refractivity contribution in [1.29, 1.82) is 5.26 Å². The fraction of sp³-hybridized carbons (Fsp3) is 0.278. The van der Waals surface area contributed by atoms with Gasteiger partial charge in [0.15, 0.2) is 0 Å². The Bertz CT molecular complexity index is 684. The predicted molar refractivity (Wildman–Crippen MR) is 78.6 cm³/mol. The van der Waals surface area contributed by atoms with E-state index in [-0.39, 0.29) is 6.10 Å². The summed E-state index contributed by atoms with van der Waals surface area (Å²) < 4.78 is 6.23. The van der Waals surface area contributed by atoms with Crippen LogP contribution < -0.4 is 4.74 Å². The number of benzene rings is 2. The minimum atomic E-state index is 0.109. The van der Waals surface area contributed by atoms with Gasteiger partial charge in [-0.3, -0.25) is 0 Å². The van der Waals surface area contributed by atoms with Gasteiger partial charge in [0.25, 0.3) is 0 Å². The topological polar surface area (TPSA) is 33.0 Å². The van der Waals surface area contributed by atoms with E-state index in [1.807, 2.05) is 25.1 Å². The van der Waals surface area contributed by atoms with E-state index in [0.29, 0.717) is 11.5 Å². The second-order valence-corrected chi connectivity index (χ2v) is 5.51. The van der Waals surface area contributed by atoms with Crippen molar-refractivity contribution in [3.8, 4) is 11.8 Å². The Labute approximate surface area is 119 Å². The largest absolute Gasteiger partial charge is 0.485 e. The average Bonchev–Trinajstić information content (AvgIpc) is 2.77. The summed E-state index contributed by atoms with van der Waals surface area (Å²) in [5.74, 6) is 1.35. The Balaban J connectivity index is 1.90. The first-order valence-electron chi connectivity index (χ1n) is 6.94. The summed E-state index contributed by atoms with van der Waals surface area (Å²) in [5, 5.41) is 8.92. The van der Waals surface area contributed by atoms with Crippen LogP contribution in [0, 0.1) is 24.2 Å². The van der Waals surface area contributed by atoms with E-state index in [0.717, 1.165) is 17.7 Å². The highest BCUT2D eigenvalue weighted by atomic mass is 16.5. The van der Waals surface area contributed by atoms with Crippen molar-refractivity contribution >= 4 is 0 Å². The summed E-state index contributed by atoms with van der Waals surface area (Å²) >= 11 is 0. The molecule has 0 N–H and O–H groups in total. The van der Waals surface area contributed by atoms with Gasteiger partial charge in [0.05, 0.1) is 11.6 Å². The summed E-state index contributed by atoms with van der Waals surface area (Å²) in [6.45, 7) is 4.21. The third-order valence-electron chi connectivity index (χ3n) is 3.98. The van der Waals surface area contributed by atoms with Gasteiger partial charge in [0, 0.05) is 5.92 Å². The predicted octanol–water partition coefficient (Wildman–Crippen LogP) is 4.18. The average molecular weight is 263 g/mol. The maximum atomic E-state index is 8.92. The van der Waals surface area contributed by atoms with E-state index in [9.17, 15) is 0 Å². The molecule has 2 aromatic rings. The molecule has 0 fully saturated rings. The summed E-state index contributed by atoms with van der Waals surface area (Å²) in [7, 11) is 0. The minimum absolute atomic E-state index is 0.109. The zero-order chi connectivity index (χ0) is 14.1. The third-order valence-corrected chi connectivity index (χ3v) is 3.98. The zero-order valence-electron chi connectivity index (χ0n) is 11.8. The molecule has 0 aliphatic heterocycles. The molecule has 100 valence electrons. The molecule has 1 unspecified atom stereocenters. The normalized spacial score (nSPS) is 20.2. The van der Waals surface area contributed by atoms with E-state index in [2.05, 4.69) is 37.3 Å². The van der Waals surface area contributed by atoms with Crippen LogP contribution in [0.3, 0.4) is 0 Å². The van der Waals surface area contributed by atoms with Gasteiger partial charge in [-0.1, -0.05) is 31.2 Å². The van der Waals surface area contributed by atoms with Crippen LogP contribution in [0.5, 0.6) is 5.75 Å². The highest BCUT2D eigenvalue weighted by molar-refractivity contribution is 5.42. The zero-order valence-corrected chi connectivity index (χ0v) is 11.8. The summed E-state index contributed by atoms with van der Waals surface area (Å²) in [4.78, 5) is 0. The summed E-state index contributed by atoms with van der Waals surface area (Å²) in [6.07, 6.45) is 1.17. The van der Waals surface area contributed by atoms with Gasteiger partial charge >= 0.3 is 0 Å². The molecule has 0 saturated heterocycles. The molecular weight excluding hydrogens is 246 g/mol. The van der Waals surface area contributed by atoms with Gasteiger partial charge in [-0.25, -0.2) is 0 Å². The molecular formula is C18H17NO. The molecule has 0 spiro atoms. The van der Waals surface area contributed by atoms with Gasteiger partial charge in [-0.05, 0) is 48.2 Å². The van der Waals surface area contributed by atoms with Crippen LogP contribution in [0.1, 0.15) is 35.3 Å². The van der Waals surface area contributed by atoms with Crippen LogP contribution in [0.4, 0.5) is 0 Å². The molecule has 0 amide bonds. The maximum absolute atomic E-state index is 8.92. The number of hydrogen-bond acceptors (Lipinski definition) is 2. The van der Waals surface area contributed by atoms with Crippen molar-refractivity contribution in [2.24, 2.45) is 5.92 Å². The van der Waals surface area contributed by atoms with Crippen molar-refractivity contribution < 1.29 is 4.74 Å². The highest BCUT2D eigenvalue weighted by Gasteiger charge is 2.30. The quantitative estimate of drug-likeness (QED) is 0.814. The maximum Gasteiger partial charge on any atom is 0.127 e. The Morgan fingerprint density at radius 3 is 2.75 bits per heavy atom. The summed E-state index contributed by atoms with van der Waals surface area (Å²) in [5.41, 5.74) is 4.37. The number of nitrogens with zero attached hydrogens (tertiary/aromatic N) is 1. The van der Waals surface area contributed by atoms with Crippen molar-refractivity contribution in [2.75, 3.05) is 0 Å². The molecule has 1 aliphatic rings. The SMILES string of the molecule is Cc1cc(C#N)ccc1OC1c2ccccc2C[C@H]1C. The Hall–Kier alpha value is -2.27. The van der Waals surface area contributed by atoms with E-state index >= 15 is 0 Å². The highest BCUT2D eigenvalue weighted by Crippen LogP contribution is 2.39. The van der Waals surface area contributed by atoms with Crippen molar-refractivity contribution in [2.45, 2.75) is 26.4 Å². The van der Waals surface area contributed by atoms with Crippen LogP contribution in [0.2, 0.25) is 0 Å². The van der Waals surface area contributed by atoms with Crippen molar-refractivity contribution in [3.63, 3.8) is 0 Å². The van der Waals surface area contributed by atoms with Crippen LogP contribution in [-0.4, -0.2) is 0 Å². The Morgan fingerprint density at radius 2 is 2.00 bits per heavy atom. The smallest absolute Gasteiger partial charge is 0.127 e. The molecule has 20 heavy (non-hydrogen) atoms. The number of rotatable bonds is 2.